The maximum Gasteiger partial charge on any atom is 0.271 e. The molecule has 0 unspecified atom stereocenters. The Bertz CT molecular complexity index is 1160. The number of hydrogen-bond acceptors (Lipinski definition) is 9. The number of aromatic nitrogens is 2. The van der Waals surface area contributed by atoms with E-state index >= 15 is 0 Å². The van der Waals surface area contributed by atoms with E-state index in [1.54, 1.807) is 11.9 Å². The van der Waals surface area contributed by atoms with E-state index in [0.29, 0.717) is 23.6 Å². The molecule has 206 valence electrons. The van der Waals surface area contributed by atoms with Crippen LogP contribution in [0.3, 0.4) is 0 Å². The number of nitrogens with one attached hydrogen (secondary N) is 2. The van der Waals surface area contributed by atoms with Crippen LogP contribution in [0.2, 0.25) is 0 Å². The van der Waals surface area contributed by atoms with Crippen LogP contribution in [0.1, 0.15) is 55.7 Å². The van der Waals surface area contributed by atoms with Gasteiger partial charge in [0.15, 0.2) is 11.5 Å². The Morgan fingerprint density at radius 1 is 1.11 bits per heavy atom. The number of amides is 2. The minimum Gasteiger partial charge on any atom is -0.393 e. The summed E-state index contributed by atoms with van der Waals surface area (Å²) < 4.78 is 0. The number of rotatable bonds is 8. The van der Waals surface area contributed by atoms with Crippen LogP contribution in [0.25, 0.3) is 0 Å². The van der Waals surface area contributed by atoms with Gasteiger partial charge in [-0.15, -0.1) is 0 Å². The van der Waals surface area contributed by atoms with Gasteiger partial charge >= 0.3 is 0 Å². The molecule has 11 heteroatoms. The molecule has 1 aliphatic carbocycles. The first-order valence-corrected chi connectivity index (χ1v) is 13.4. The Labute approximate surface area is 224 Å². The van der Waals surface area contributed by atoms with Crippen molar-refractivity contribution in [1.29, 1.82) is 0 Å². The van der Waals surface area contributed by atoms with Crippen LogP contribution in [0, 0.1) is 0 Å². The van der Waals surface area contributed by atoms with Crippen molar-refractivity contribution in [3.63, 3.8) is 0 Å². The molecule has 1 aliphatic heterocycles. The zero-order chi connectivity index (χ0) is 27.4. The van der Waals surface area contributed by atoms with Crippen molar-refractivity contribution in [1.82, 2.24) is 14.9 Å². The Morgan fingerprint density at radius 2 is 1.79 bits per heavy atom. The molecule has 0 atom stereocenters. The van der Waals surface area contributed by atoms with Gasteiger partial charge in [-0.05, 0) is 57.4 Å². The summed E-state index contributed by atoms with van der Waals surface area (Å²) in [6.45, 7) is 7.12. The van der Waals surface area contributed by atoms with E-state index in [4.69, 9.17) is 10.7 Å². The number of aryl methyl sites for hydroxylation is 1. The first-order valence-electron chi connectivity index (χ1n) is 13.4. The summed E-state index contributed by atoms with van der Waals surface area (Å²) in [7, 11) is 3.86. The van der Waals surface area contributed by atoms with Gasteiger partial charge in [0.25, 0.3) is 5.91 Å². The van der Waals surface area contributed by atoms with Crippen molar-refractivity contribution < 1.29 is 14.7 Å². The quantitative estimate of drug-likeness (QED) is 0.410. The molecule has 0 bridgehead atoms. The summed E-state index contributed by atoms with van der Waals surface area (Å²) in [6, 6.07) is 5.97. The van der Waals surface area contributed by atoms with Crippen LogP contribution in [0.4, 0.5) is 28.7 Å². The third-order valence-corrected chi connectivity index (χ3v) is 7.49. The third kappa shape index (κ3) is 6.33. The van der Waals surface area contributed by atoms with Crippen molar-refractivity contribution in [2.45, 2.75) is 58.1 Å². The summed E-state index contributed by atoms with van der Waals surface area (Å²) in [4.78, 5) is 40.2. The number of nitrogens with two attached hydrogens (primary N) is 1. The zero-order valence-corrected chi connectivity index (χ0v) is 22.8. The molecule has 2 heterocycles. The fraction of sp³-hybridized carbons (Fsp3) is 0.556. The highest BCUT2D eigenvalue weighted by atomic mass is 16.3. The van der Waals surface area contributed by atoms with Crippen LogP contribution in [0.5, 0.6) is 0 Å². The van der Waals surface area contributed by atoms with Gasteiger partial charge in [-0.3, -0.25) is 9.59 Å². The van der Waals surface area contributed by atoms with Crippen molar-refractivity contribution >= 4 is 40.5 Å². The first kappa shape index (κ1) is 27.6. The number of carbonyl (C=O) groups is 2. The Balaban J connectivity index is 1.67. The SMILES string of the molecule is CCc1nc(C(N)=O)c(Nc2ccc(N3CCN(C)CC3)c(N(C)C(C)=O)c2)nc1N[C@H]1CC[C@H](O)CC1. The van der Waals surface area contributed by atoms with Gasteiger partial charge in [-0.1, -0.05) is 6.92 Å². The lowest BCUT2D eigenvalue weighted by Crippen LogP contribution is -2.45. The molecule has 5 N–H and O–H groups in total. The number of aliphatic hydroxyl groups is 1. The average molecular weight is 525 g/mol. The van der Waals surface area contributed by atoms with Crippen molar-refractivity contribution in [3.05, 3.63) is 29.6 Å². The molecule has 1 saturated carbocycles. The summed E-state index contributed by atoms with van der Waals surface area (Å²) in [5.74, 6) is 0.122. The van der Waals surface area contributed by atoms with Crippen LogP contribution in [0.15, 0.2) is 18.2 Å². The Kier molecular flexibility index (Phi) is 8.68. The summed E-state index contributed by atoms with van der Waals surface area (Å²) in [5.41, 5.74) is 8.84. The second-order valence-corrected chi connectivity index (χ2v) is 10.3. The topological polar surface area (TPSA) is 140 Å². The van der Waals surface area contributed by atoms with E-state index in [0.717, 1.165) is 63.2 Å². The molecule has 0 radical (unpaired) electrons. The molecule has 11 nitrogen and oxygen atoms in total. The fourth-order valence-electron chi connectivity index (χ4n) is 5.00. The number of anilines is 5. The number of hydrogen-bond donors (Lipinski definition) is 4. The van der Waals surface area contributed by atoms with Gasteiger partial charge in [-0.25, -0.2) is 9.97 Å². The minimum absolute atomic E-state index is 0.0658. The van der Waals surface area contributed by atoms with Crippen molar-refractivity contribution in [2.75, 3.05) is 60.7 Å². The second kappa shape index (κ2) is 12.0. The van der Waals surface area contributed by atoms with Gasteiger partial charge < -0.3 is 36.2 Å². The van der Waals surface area contributed by atoms with Crippen LogP contribution in [-0.2, 0) is 11.2 Å². The highest BCUT2D eigenvalue weighted by molar-refractivity contribution is 5.98. The van der Waals surface area contributed by atoms with Gasteiger partial charge in [0.05, 0.1) is 23.2 Å². The highest BCUT2D eigenvalue weighted by Gasteiger charge is 2.24. The monoisotopic (exact) mass is 524 g/mol. The first-order chi connectivity index (χ1) is 18.2. The number of likely N-dealkylation sites (N-methyl/N-ethyl adjacent to an activating group) is 1. The molecule has 2 amide bonds. The van der Waals surface area contributed by atoms with E-state index in [9.17, 15) is 14.7 Å². The lowest BCUT2D eigenvalue weighted by Gasteiger charge is -2.36. The number of aliphatic hydroxyl groups excluding tert-OH is 1. The third-order valence-electron chi connectivity index (χ3n) is 7.49. The lowest BCUT2D eigenvalue weighted by molar-refractivity contribution is -0.116. The smallest absolute Gasteiger partial charge is 0.271 e. The number of nitrogens with zero attached hydrogens (tertiary/aromatic N) is 5. The van der Waals surface area contributed by atoms with E-state index in [-0.39, 0.29) is 29.6 Å². The van der Waals surface area contributed by atoms with E-state index < -0.39 is 5.91 Å². The Hall–Kier alpha value is -3.44. The molecule has 2 fully saturated rings. The normalized spacial score (nSPS) is 20.2. The summed E-state index contributed by atoms with van der Waals surface area (Å²) >= 11 is 0. The van der Waals surface area contributed by atoms with Gasteiger partial charge in [-0.2, -0.15) is 0 Å². The second-order valence-electron chi connectivity index (χ2n) is 10.3. The molecular weight excluding hydrogens is 484 g/mol. The van der Waals surface area contributed by atoms with Crippen molar-refractivity contribution in [2.24, 2.45) is 5.73 Å². The molecule has 2 aromatic rings. The van der Waals surface area contributed by atoms with Crippen molar-refractivity contribution in [3.8, 4) is 0 Å². The molecule has 4 rings (SSSR count). The molecule has 2 aliphatic rings. The van der Waals surface area contributed by atoms with E-state index in [1.165, 1.54) is 6.92 Å². The van der Waals surface area contributed by atoms with E-state index in [1.807, 2.05) is 25.1 Å². The maximum atomic E-state index is 12.3. The van der Waals surface area contributed by atoms with Crippen LogP contribution in [-0.4, -0.2) is 84.2 Å². The van der Waals surface area contributed by atoms with Gasteiger partial charge in [0, 0.05) is 51.9 Å². The maximum absolute atomic E-state index is 12.3. The van der Waals surface area contributed by atoms with Gasteiger partial charge in [0.1, 0.15) is 5.82 Å². The predicted octanol–water partition coefficient (Wildman–Crippen LogP) is 2.33. The average Bonchev–Trinajstić information content (AvgIpc) is 2.90. The molecule has 1 saturated heterocycles. The largest absolute Gasteiger partial charge is 0.393 e. The fourth-order valence-corrected chi connectivity index (χ4v) is 5.00. The van der Waals surface area contributed by atoms with Gasteiger partial charge in [0.2, 0.25) is 5.91 Å². The van der Waals surface area contributed by atoms with E-state index in [2.05, 4.69) is 32.5 Å². The predicted molar refractivity (Wildman–Crippen MR) is 150 cm³/mol. The molecule has 1 aromatic carbocycles. The summed E-state index contributed by atoms with van der Waals surface area (Å²) in [6.07, 6.45) is 3.47. The molecule has 38 heavy (non-hydrogen) atoms. The standard InChI is InChI=1S/C27H40N8O3/c1-5-21-26(29-18-6-9-20(37)10-7-18)32-27(24(31-21)25(28)38)30-19-8-11-22(23(16-19)34(4)17(2)36)35-14-12-33(3)13-15-35/h8,11,16,18,20,37H,5-7,9-10,12-15H2,1-4H3,(H2,28,38)(H2,29,30,32)/t18-,20-. The van der Waals surface area contributed by atoms with Crippen LogP contribution < -0.4 is 26.2 Å². The number of carbonyl (C=O) groups excluding carboxylic acids is 2. The highest BCUT2D eigenvalue weighted by Crippen LogP contribution is 2.34. The molecular formula is C27H40N8O3. The summed E-state index contributed by atoms with van der Waals surface area (Å²) in [5, 5.41) is 16.6. The number of benzene rings is 1. The lowest BCUT2D eigenvalue weighted by atomic mass is 9.93. The molecule has 0 spiro atoms. The number of primary amides is 1. The minimum atomic E-state index is -0.669. The zero-order valence-electron chi connectivity index (χ0n) is 22.8. The number of piperazine rings is 1. The molecule has 1 aromatic heterocycles. The Morgan fingerprint density at radius 3 is 2.39 bits per heavy atom. The van der Waals surface area contributed by atoms with Crippen LogP contribution >= 0.6 is 0 Å².